The molecule has 2 N–H and O–H groups in total. The van der Waals surface area contributed by atoms with Crippen LogP contribution in [0, 0.1) is 6.92 Å². The van der Waals surface area contributed by atoms with Gasteiger partial charge in [0.25, 0.3) is 0 Å². The molecule has 0 fully saturated rings. The van der Waals surface area contributed by atoms with Gasteiger partial charge in [0, 0.05) is 21.9 Å². The van der Waals surface area contributed by atoms with E-state index in [4.69, 9.17) is 4.74 Å². The average Bonchev–Trinajstić information content (AvgIpc) is 2.95. The van der Waals surface area contributed by atoms with Gasteiger partial charge >= 0.3 is 6.09 Å². The Morgan fingerprint density at radius 1 is 1.37 bits per heavy atom. The third kappa shape index (κ3) is 4.16. The lowest BCUT2D eigenvalue weighted by Gasteiger charge is -2.24. The number of carbonyl (C=O) groups excluding carboxylic acids is 2. The first-order valence-corrected chi connectivity index (χ1v) is 9.39. The van der Waals surface area contributed by atoms with Gasteiger partial charge in [0.2, 0.25) is 5.91 Å². The number of thiophene rings is 1. The van der Waals surface area contributed by atoms with Gasteiger partial charge in [0.15, 0.2) is 11.5 Å². The van der Waals surface area contributed by atoms with Crippen LogP contribution >= 0.6 is 11.3 Å². The van der Waals surface area contributed by atoms with Crippen LogP contribution in [-0.4, -0.2) is 48.3 Å². The predicted molar refractivity (Wildman–Crippen MR) is 102 cm³/mol. The van der Waals surface area contributed by atoms with Crippen LogP contribution in [0.15, 0.2) is 24.3 Å². The smallest absolute Gasteiger partial charge is 0.407 e. The lowest BCUT2D eigenvalue weighted by molar-refractivity contribution is -0.133. The predicted octanol–water partition coefficient (Wildman–Crippen LogP) is 2.89. The summed E-state index contributed by atoms with van der Waals surface area (Å²) in [6.45, 7) is 4.53. The second-order valence-corrected chi connectivity index (χ2v) is 7.65. The quantitative estimate of drug-likeness (QED) is 0.841. The number of aromatic hydroxyl groups is 1. The minimum atomic E-state index is -0.726. The Bertz CT molecular complexity index is 864. The molecule has 1 atom stereocenters. The van der Waals surface area contributed by atoms with Crippen LogP contribution in [0.5, 0.6) is 11.5 Å². The third-order valence-corrected chi connectivity index (χ3v) is 5.39. The zero-order valence-corrected chi connectivity index (χ0v) is 16.3. The molecule has 0 spiro atoms. The monoisotopic (exact) mass is 390 g/mol. The normalized spacial score (nSPS) is 14.6. The summed E-state index contributed by atoms with van der Waals surface area (Å²) < 4.78 is 10.2. The Hall–Kier alpha value is -2.74. The number of nitrogens with zero attached hydrogens (tertiary/aromatic N) is 1. The SMILES string of the molecule is COC(=O)N[C@@H](C)C(=O)N1CCOc2c(O)cc(-c3ccc(C)s3)cc2C1. The molecule has 27 heavy (non-hydrogen) atoms. The molecule has 0 unspecified atom stereocenters. The van der Waals surface area contributed by atoms with Crippen molar-refractivity contribution in [3.63, 3.8) is 0 Å². The summed E-state index contributed by atoms with van der Waals surface area (Å²) in [7, 11) is 1.25. The molecule has 1 aliphatic rings. The molecular formula is C19H22N2O5S. The molecule has 1 aromatic carbocycles. The minimum absolute atomic E-state index is 0.0589. The highest BCUT2D eigenvalue weighted by Gasteiger charge is 2.27. The van der Waals surface area contributed by atoms with Crippen LogP contribution in [0.2, 0.25) is 0 Å². The molecule has 0 radical (unpaired) electrons. The Morgan fingerprint density at radius 3 is 2.81 bits per heavy atom. The summed E-state index contributed by atoms with van der Waals surface area (Å²) in [4.78, 5) is 27.9. The molecule has 1 aromatic heterocycles. The number of fused-ring (bicyclic) bond motifs is 1. The maximum absolute atomic E-state index is 12.7. The van der Waals surface area contributed by atoms with Crippen molar-refractivity contribution >= 4 is 23.3 Å². The van der Waals surface area contributed by atoms with E-state index in [0.29, 0.717) is 12.3 Å². The number of ether oxygens (including phenoxy) is 2. The van der Waals surface area contributed by atoms with E-state index in [9.17, 15) is 14.7 Å². The van der Waals surface area contributed by atoms with E-state index in [2.05, 4.69) is 10.1 Å². The number of phenolic OH excluding ortho intramolecular Hbond substituents is 1. The minimum Gasteiger partial charge on any atom is -0.504 e. The fraction of sp³-hybridized carbons (Fsp3) is 0.368. The van der Waals surface area contributed by atoms with E-state index in [-0.39, 0.29) is 24.8 Å². The number of hydrogen-bond donors (Lipinski definition) is 2. The molecule has 144 valence electrons. The van der Waals surface area contributed by atoms with Gasteiger partial charge in [-0.15, -0.1) is 11.3 Å². The molecule has 0 saturated heterocycles. The number of nitrogens with one attached hydrogen (secondary N) is 1. The van der Waals surface area contributed by atoms with Gasteiger partial charge in [-0.05, 0) is 43.7 Å². The van der Waals surface area contributed by atoms with Crippen molar-refractivity contribution in [3.05, 3.63) is 34.7 Å². The summed E-state index contributed by atoms with van der Waals surface area (Å²) in [6, 6.07) is 6.92. The highest BCUT2D eigenvalue weighted by atomic mass is 32.1. The fourth-order valence-electron chi connectivity index (χ4n) is 2.99. The highest BCUT2D eigenvalue weighted by Crippen LogP contribution is 2.39. The Kier molecular flexibility index (Phi) is 5.55. The number of benzene rings is 1. The van der Waals surface area contributed by atoms with Crippen molar-refractivity contribution in [2.24, 2.45) is 0 Å². The van der Waals surface area contributed by atoms with Gasteiger partial charge in [-0.2, -0.15) is 0 Å². The molecule has 0 saturated carbocycles. The van der Waals surface area contributed by atoms with Crippen LogP contribution in [0.1, 0.15) is 17.4 Å². The van der Waals surface area contributed by atoms with E-state index in [1.807, 2.05) is 25.1 Å². The van der Waals surface area contributed by atoms with Crippen LogP contribution in [0.4, 0.5) is 4.79 Å². The van der Waals surface area contributed by atoms with E-state index in [0.717, 1.165) is 16.0 Å². The lowest BCUT2D eigenvalue weighted by atomic mass is 10.1. The number of phenols is 1. The molecule has 3 rings (SSSR count). The summed E-state index contributed by atoms with van der Waals surface area (Å²) >= 11 is 1.63. The summed E-state index contributed by atoms with van der Waals surface area (Å²) in [5.74, 6) is 0.216. The van der Waals surface area contributed by atoms with E-state index in [1.165, 1.54) is 12.0 Å². The molecule has 0 bridgehead atoms. The molecule has 2 amide bonds. The molecule has 2 heterocycles. The number of hydrogen-bond acceptors (Lipinski definition) is 6. The first-order valence-electron chi connectivity index (χ1n) is 8.57. The molecule has 1 aliphatic heterocycles. The van der Waals surface area contributed by atoms with Crippen molar-refractivity contribution in [3.8, 4) is 21.9 Å². The number of aryl methyl sites for hydroxylation is 1. The Labute approximate surface area is 161 Å². The van der Waals surface area contributed by atoms with Crippen molar-refractivity contribution < 1.29 is 24.2 Å². The molecule has 7 nitrogen and oxygen atoms in total. The third-order valence-electron chi connectivity index (χ3n) is 4.34. The number of amides is 2. The van der Waals surface area contributed by atoms with Crippen molar-refractivity contribution in [2.75, 3.05) is 20.3 Å². The van der Waals surface area contributed by atoms with E-state index >= 15 is 0 Å². The van der Waals surface area contributed by atoms with Gasteiger partial charge in [0.05, 0.1) is 13.7 Å². The molecule has 0 aliphatic carbocycles. The maximum Gasteiger partial charge on any atom is 0.407 e. The fourth-order valence-corrected chi connectivity index (χ4v) is 3.85. The second kappa shape index (κ2) is 7.87. The maximum atomic E-state index is 12.7. The highest BCUT2D eigenvalue weighted by molar-refractivity contribution is 7.15. The van der Waals surface area contributed by atoms with Crippen LogP contribution in [-0.2, 0) is 16.1 Å². The van der Waals surface area contributed by atoms with Crippen molar-refractivity contribution in [2.45, 2.75) is 26.4 Å². The Balaban J connectivity index is 1.86. The van der Waals surface area contributed by atoms with Gasteiger partial charge in [-0.3, -0.25) is 4.79 Å². The van der Waals surface area contributed by atoms with Crippen LogP contribution in [0.25, 0.3) is 10.4 Å². The van der Waals surface area contributed by atoms with E-state index < -0.39 is 12.1 Å². The van der Waals surface area contributed by atoms with Crippen LogP contribution < -0.4 is 10.1 Å². The summed E-state index contributed by atoms with van der Waals surface area (Å²) in [5.41, 5.74) is 1.61. The summed E-state index contributed by atoms with van der Waals surface area (Å²) in [6.07, 6.45) is -0.657. The second-order valence-electron chi connectivity index (χ2n) is 6.36. The van der Waals surface area contributed by atoms with Crippen LogP contribution in [0.3, 0.4) is 0 Å². The van der Waals surface area contributed by atoms with Gasteiger partial charge in [-0.25, -0.2) is 4.79 Å². The molecule has 2 aromatic rings. The first-order chi connectivity index (χ1) is 12.9. The van der Waals surface area contributed by atoms with E-state index in [1.54, 1.807) is 29.2 Å². The number of carbonyl (C=O) groups is 2. The van der Waals surface area contributed by atoms with Crippen molar-refractivity contribution in [1.82, 2.24) is 10.2 Å². The standard InChI is InChI=1S/C19H22N2O5S/c1-11-4-5-16(27-11)13-8-14-10-21(6-7-26-17(14)15(22)9-13)18(23)12(2)20-19(24)25-3/h4-5,8-9,12,22H,6-7,10H2,1-3H3,(H,20,24)/t12-/m0/s1. The summed E-state index contributed by atoms with van der Waals surface area (Å²) in [5, 5.41) is 12.9. The number of alkyl carbamates (subject to hydrolysis) is 1. The average molecular weight is 390 g/mol. The van der Waals surface area contributed by atoms with Gasteiger partial charge in [-0.1, -0.05) is 0 Å². The molecule has 8 heteroatoms. The zero-order chi connectivity index (χ0) is 19.6. The number of methoxy groups -OCH3 is 1. The van der Waals surface area contributed by atoms with Gasteiger partial charge < -0.3 is 24.8 Å². The van der Waals surface area contributed by atoms with Gasteiger partial charge in [0.1, 0.15) is 12.6 Å². The molecular weight excluding hydrogens is 368 g/mol. The van der Waals surface area contributed by atoms with Crippen molar-refractivity contribution in [1.29, 1.82) is 0 Å². The Morgan fingerprint density at radius 2 is 2.15 bits per heavy atom. The largest absolute Gasteiger partial charge is 0.504 e. The zero-order valence-electron chi connectivity index (χ0n) is 15.4. The lowest BCUT2D eigenvalue weighted by Crippen LogP contribution is -2.47. The first kappa shape index (κ1) is 19.0. The topological polar surface area (TPSA) is 88.1 Å². The number of rotatable bonds is 3.